The second kappa shape index (κ2) is 8.74. The van der Waals surface area contributed by atoms with E-state index in [0.29, 0.717) is 17.2 Å². The molecule has 0 saturated heterocycles. The van der Waals surface area contributed by atoms with Gasteiger partial charge in [0, 0.05) is 0 Å². The Morgan fingerprint density at radius 2 is 1.25 bits per heavy atom. The summed E-state index contributed by atoms with van der Waals surface area (Å²) in [6.07, 6.45) is 4.07. The Morgan fingerprint density at radius 1 is 0.750 bits per heavy atom. The lowest BCUT2D eigenvalue weighted by molar-refractivity contribution is 0.324. The van der Waals surface area contributed by atoms with Gasteiger partial charge in [-0.2, -0.15) is 0 Å². The molecule has 2 rings (SSSR count). The van der Waals surface area contributed by atoms with E-state index in [4.69, 9.17) is 18.6 Å². The van der Waals surface area contributed by atoms with Gasteiger partial charge in [-0.05, 0) is 53.5 Å². The van der Waals surface area contributed by atoms with Gasteiger partial charge in [0.2, 0.25) is 14.1 Å². The summed E-state index contributed by atoms with van der Waals surface area (Å²) in [6.45, 7) is 11.2. The molecule has 0 spiro atoms. The Kier molecular flexibility index (Phi) is 6.83. The summed E-state index contributed by atoms with van der Waals surface area (Å²) in [4.78, 5) is 0. The van der Waals surface area contributed by atoms with Crippen molar-refractivity contribution in [2.75, 3.05) is 21.3 Å². The molecular formula is C23H32O4Si. The third kappa shape index (κ3) is 5.10. The molecule has 152 valence electrons. The molecule has 0 amide bonds. The summed E-state index contributed by atoms with van der Waals surface area (Å²) in [5.41, 5.74) is 2.06. The zero-order chi connectivity index (χ0) is 20.9. The van der Waals surface area contributed by atoms with Crippen molar-refractivity contribution in [3.8, 4) is 23.0 Å². The summed E-state index contributed by atoms with van der Waals surface area (Å²) in [5.74, 6) is 2.80. The monoisotopic (exact) mass is 400 g/mol. The Morgan fingerprint density at radius 3 is 1.68 bits per heavy atom. The molecule has 2 aromatic carbocycles. The van der Waals surface area contributed by atoms with Crippen LogP contribution in [0.3, 0.4) is 0 Å². The molecule has 0 N–H and O–H groups in total. The molecule has 0 aromatic heterocycles. The molecule has 0 unspecified atom stereocenters. The first kappa shape index (κ1) is 21.9. The average Bonchev–Trinajstić information content (AvgIpc) is 2.65. The highest BCUT2D eigenvalue weighted by Gasteiger charge is 2.38. The van der Waals surface area contributed by atoms with Crippen LogP contribution in [0.1, 0.15) is 31.9 Å². The summed E-state index contributed by atoms with van der Waals surface area (Å²) in [5, 5.41) is 0.179. The summed E-state index contributed by atoms with van der Waals surface area (Å²) >= 11 is 0. The normalized spacial score (nSPS) is 12.1. The molecule has 4 nitrogen and oxygen atoms in total. The van der Waals surface area contributed by atoms with Crippen LogP contribution >= 0.6 is 0 Å². The van der Waals surface area contributed by atoms with Crippen LogP contribution in [-0.2, 0) is 0 Å². The highest BCUT2D eigenvalue weighted by molar-refractivity contribution is 6.74. The Bertz CT molecular complexity index is 792. The van der Waals surface area contributed by atoms with Crippen LogP contribution in [-0.4, -0.2) is 29.6 Å². The third-order valence-electron chi connectivity index (χ3n) is 5.21. The van der Waals surface area contributed by atoms with Crippen molar-refractivity contribution in [1.82, 2.24) is 0 Å². The maximum atomic E-state index is 6.34. The minimum Gasteiger partial charge on any atom is -0.544 e. The first-order chi connectivity index (χ1) is 13.1. The van der Waals surface area contributed by atoms with Crippen molar-refractivity contribution < 1.29 is 18.6 Å². The molecule has 28 heavy (non-hydrogen) atoms. The standard InChI is InChI=1S/C23H32O4Si/c1-23(2,3)28(7,8)27-19-13-11-17(12-14-19)9-10-18-15-20(24-4)22(26-6)21(16-18)25-5/h9-16H,1-8H3/b10-9-. The van der Waals surface area contributed by atoms with Crippen LogP contribution in [0, 0.1) is 0 Å². The highest BCUT2D eigenvalue weighted by atomic mass is 28.4. The van der Waals surface area contributed by atoms with Gasteiger partial charge in [-0.3, -0.25) is 0 Å². The highest BCUT2D eigenvalue weighted by Crippen LogP contribution is 2.39. The van der Waals surface area contributed by atoms with E-state index in [9.17, 15) is 0 Å². The van der Waals surface area contributed by atoms with Crippen molar-refractivity contribution in [2.24, 2.45) is 0 Å². The minimum absolute atomic E-state index is 0.179. The predicted octanol–water partition coefficient (Wildman–Crippen LogP) is 6.27. The van der Waals surface area contributed by atoms with E-state index in [1.807, 2.05) is 30.3 Å². The summed E-state index contributed by atoms with van der Waals surface area (Å²) in [6, 6.07) is 12.1. The van der Waals surface area contributed by atoms with Crippen LogP contribution in [0.4, 0.5) is 0 Å². The van der Waals surface area contributed by atoms with Crippen LogP contribution in [0.15, 0.2) is 36.4 Å². The number of hydrogen-bond donors (Lipinski definition) is 0. The van der Waals surface area contributed by atoms with Crippen LogP contribution < -0.4 is 18.6 Å². The van der Waals surface area contributed by atoms with Crippen molar-refractivity contribution in [3.05, 3.63) is 47.5 Å². The average molecular weight is 401 g/mol. The van der Waals surface area contributed by atoms with E-state index in [-0.39, 0.29) is 5.04 Å². The maximum absolute atomic E-state index is 6.34. The molecule has 0 aliphatic heterocycles. The van der Waals surface area contributed by atoms with Gasteiger partial charge >= 0.3 is 0 Å². The van der Waals surface area contributed by atoms with Gasteiger partial charge in [-0.15, -0.1) is 0 Å². The summed E-state index contributed by atoms with van der Waals surface area (Å²) < 4.78 is 22.5. The maximum Gasteiger partial charge on any atom is 0.250 e. The number of rotatable bonds is 7. The molecule has 0 aliphatic rings. The number of ether oxygens (including phenoxy) is 3. The third-order valence-corrected chi connectivity index (χ3v) is 9.57. The first-order valence-corrected chi connectivity index (χ1v) is 12.3. The lowest BCUT2D eigenvalue weighted by atomic mass is 10.1. The zero-order valence-electron chi connectivity index (χ0n) is 18.3. The van der Waals surface area contributed by atoms with Gasteiger partial charge in [-0.1, -0.05) is 45.1 Å². The van der Waals surface area contributed by atoms with E-state index in [1.165, 1.54) is 0 Å². The number of hydrogen-bond acceptors (Lipinski definition) is 4. The molecule has 0 saturated carbocycles. The first-order valence-electron chi connectivity index (χ1n) is 9.38. The van der Waals surface area contributed by atoms with Gasteiger partial charge < -0.3 is 18.6 Å². The van der Waals surface area contributed by atoms with Crippen molar-refractivity contribution in [3.63, 3.8) is 0 Å². The summed E-state index contributed by atoms with van der Waals surface area (Å²) in [7, 11) is 3.01. The van der Waals surface area contributed by atoms with Crippen LogP contribution in [0.25, 0.3) is 12.2 Å². The second-order valence-corrected chi connectivity index (χ2v) is 12.9. The Labute approximate surface area is 170 Å². The van der Waals surface area contributed by atoms with E-state index in [1.54, 1.807) is 21.3 Å². The number of benzene rings is 2. The second-order valence-electron chi connectivity index (χ2n) is 8.22. The smallest absolute Gasteiger partial charge is 0.250 e. The molecule has 2 aromatic rings. The quantitative estimate of drug-likeness (QED) is 0.406. The van der Waals surface area contributed by atoms with Gasteiger partial charge in [0.05, 0.1) is 21.3 Å². The van der Waals surface area contributed by atoms with E-state index >= 15 is 0 Å². The molecular weight excluding hydrogens is 368 g/mol. The molecule has 0 atom stereocenters. The fraction of sp³-hybridized carbons (Fsp3) is 0.391. The fourth-order valence-electron chi connectivity index (χ4n) is 2.48. The molecule has 0 aliphatic carbocycles. The fourth-order valence-corrected chi connectivity index (χ4v) is 3.52. The number of methoxy groups -OCH3 is 3. The zero-order valence-corrected chi connectivity index (χ0v) is 19.3. The lowest BCUT2D eigenvalue weighted by Gasteiger charge is -2.36. The van der Waals surface area contributed by atoms with E-state index in [0.717, 1.165) is 16.9 Å². The lowest BCUT2D eigenvalue weighted by Crippen LogP contribution is -2.43. The van der Waals surface area contributed by atoms with Gasteiger partial charge in [0.25, 0.3) is 0 Å². The van der Waals surface area contributed by atoms with Gasteiger partial charge in [0.15, 0.2) is 11.5 Å². The van der Waals surface area contributed by atoms with Crippen molar-refractivity contribution in [2.45, 2.75) is 38.9 Å². The molecule has 0 fully saturated rings. The van der Waals surface area contributed by atoms with E-state index < -0.39 is 8.32 Å². The molecule has 0 heterocycles. The minimum atomic E-state index is -1.82. The predicted molar refractivity (Wildman–Crippen MR) is 119 cm³/mol. The Balaban J connectivity index is 2.19. The molecule has 5 heteroatoms. The topological polar surface area (TPSA) is 36.9 Å². The Hall–Kier alpha value is -2.40. The van der Waals surface area contributed by atoms with Crippen molar-refractivity contribution >= 4 is 20.5 Å². The largest absolute Gasteiger partial charge is 0.544 e. The van der Waals surface area contributed by atoms with Crippen molar-refractivity contribution in [1.29, 1.82) is 0 Å². The van der Waals surface area contributed by atoms with E-state index in [2.05, 4.69) is 52.1 Å². The van der Waals surface area contributed by atoms with Gasteiger partial charge in [0.1, 0.15) is 5.75 Å². The van der Waals surface area contributed by atoms with Gasteiger partial charge in [-0.25, -0.2) is 0 Å². The molecule has 0 bridgehead atoms. The SMILES string of the molecule is COc1cc(/C=C\c2ccc(O[Si](C)(C)C(C)(C)C)cc2)cc(OC)c1OC. The van der Waals surface area contributed by atoms with Crippen LogP contribution in [0.2, 0.25) is 18.1 Å². The molecule has 0 radical (unpaired) electrons. The van der Waals surface area contributed by atoms with Crippen LogP contribution in [0.5, 0.6) is 23.0 Å².